The first-order valence-electron chi connectivity index (χ1n) is 8.58. The molecule has 0 fully saturated rings. The van der Waals surface area contributed by atoms with Gasteiger partial charge in [0.05, 0.1) is 11.5 Å². The second-order valence-corrected chi connectivity index (χ2v) is 9.65. The Morgan fingerprint density at radius 1 is 1.14 bits per heavy atom. The highest BCUT2D eigenvalue weighted by Crippen LogP contribution is 2.25. The fourth-order valence-electron chi connectivity index (χ4n) is 2.05. The Morgan fingerprint density at radius 3 is 2.55 bits per heavy atom. The van der Waals surface area contributed by atoms with Crippen LogP contribution in [0.1, 0.15) is 18.9 Å². The van der Waals surface area contributed by atoms with Gasteiger partial charge in [-0.05, 0) is 37.6 Å². The average molecular weight is 455 g/mol. The first kappa shape index (κ1) is 21.2. The van der Waals surface area contributed by atoms with Crippen molar-refractivity contribution in [1.29, 1.82) is 0 Å². The number of benzene rings is 1. The first-order valence-corrected chi connectivity index (χ1v) is 12.0. The van der Waals surface area contributed by atoms with Crippen molar-refractivity contribution in [3.8, 4) is 11.5 Å². The highest BCUT2D eigenvalue weighted by molar-refractivity contribution is 7.99. The monoisotopic (exact) mass is 454 g/mol. The van der Waals surface area contributed by atoms with E-state index in [0.717, 1.165) is 23.2 Å². The van der Waals surface area contributed by atoms with Crippen LogP contribution in [0.5, 0.6) is 0 Å². The molecule has 2 N–H and O–H groups in total. The molecule has 0 atom stereocenters. The van der Waals surface area contributed by atoms with Gasteiger partial charge in [-0.15, -0.1) is 20.4 Å². The topological polar surface area (TPSA) is 140 Å². The van der Waals surface area contributed by atoms with E-state index in [2.05, 4.69) is 30.4 Å². The van der Waals surface area contributed by atoms with Crippen LogP contribution in [0.2, 0.25) is 0 Å². The molecule has 3 aromatic rings. The summed E-state index contributed by atoms with van der Waals surface area (Å²) in [7, 11) is -3.33. The zero-order chi connectivity index (χ0) is 20.9. The van der Waals surface area contributed by atoms with Gasteiger partial charge in [0.1, 0.15) is 5.01 Å². The molecule has 0 saturated heterocycles. The van der Waals surface area contributed by atoms with E-state index < -0.39 is 10.0 Å². The summed E-state index contributed by atoms with van der Waals surface area (Å²) in [5, 5.41) is 19.9. The van der Waals surface area contributed by atoms with E-state index in [1.807, 2.05) is 6.92 Å². The summed E-state index contributed by atoms with van der Waals surface area (Å²) in [6.07, 6.45) is 0.762. The van der Waals surface area contributed by atoms with E-state index in [1.54, 1.807) is 31.2 Å². The summed E-state index contributed by atoms with van der Waals surface area (Å²) in [6, 6.07) is 6.56. The minimum absolute atomic E-state index is 0.00854. The molecule has 2 heterocycles. The lowest BCUT2D eigenvalue weighted by Crippen LogP contribution is -2.14. The van der Waals surface area contributed by atoms with Crippen molar-refractivity contribution in [1.82, 2.24) is 20.4 Å². The van der Waals surface area contributed by atoms with Gasteiger partial charge in [0.2, 0.25) is 27.0 Å². The molecular formula is C16H18N6O4S3. The molecule has 13 heteroatoms. The predicted molar refractivity (Wildman–Crippen MR) is 111 cm³/mol. The number of hydrogen-bond acceptors (Lipinski definition) is 10. The van der Waals surface area contributed by atoms with Gasteiger partial charge < -0.3 is 4.42 Å². The molecular weight excluding hydrogens is 436 g/mol. The van der Waals surface area contributed by atoms with Gasteiger partial charge in [0.25, 0.3) is 5.22 Å². The Hall–Kier alpha value is -2.51. The number of sulfonamides is 1. The van der Waals surface area contributed by atoms with E-state index in [4.69, 9.17) is 4.42 Å². The van der Waals surface area contributed by atoms with E-state index in [1.165, 1.54) is 11.3 Å². The lowest BCUT2D eigenvalue weighted by Gasteiger charge is -2.05. The van der Waals surface area contributed by atoms with Crippen molar-refractivity contribution in [3.63, 3.8) is 0 Å². The second-order valence-electron chi connectivity index (χ2n) is 5.65. The minimum Gasteiger partial charge on any atom is -0.411 e. The fraction of sp³-hybridized carbons (Fsp3) is 0.312. The molecule has 0 bridgehead atoms. The SMILES string of the molecule is CCc1nnc(NC(=O)CSc2nnc(-c3ccc(NS(=O)(=O)CC)cc3)o2)s1. The van der Waals surface area contributed by atoms with Crippen molar-refractivity contribution >= 4 is 49.8 Å². The Kier molecular flexibility index (Phi) is 6.82. The van der Waals surface area contributed by atoms with E-state index in [-0.39, 0.29) is 28.5 Å². The fourth-order valence-corrected chi connectivity index (χ4v) is 3.95. The largest absolute Gasteiger partial charge is 0.411 e. The Morgan fingerprint density at radius 2 is 1.90 bits per heavy atom. The van der Waals surface area contributed by atoms with E-state index in [0.29, 0.717) is 16.4 Å². The van der Waals surface area contributed by atoms with Gasteiger partial charge in [0, 0.05) is 11.3 Å². The lowest BCUT2D eigenvalue weighted by molar-refractivity contribution is -0.113. The molecule has 0 saturated carbocycles. The molecule has 10 nitrogen and oxygen atoms in total. The van der Waals surface area contributed by atoms with Gasteiger partial charge in [0.15, 0.2) is 0 Å². The summed E-state index contributed by atoms with van der Waals surface area (Å²) in [6.45, 7) is 3.52. The summed E-state index contributed by atoms with van der Waals surface area (Å²) < 4.78 is 31.2. The normalized spacial score (nSPS) is 11.4. The van der Waals surface area contributed by atoms with Crippen LogP contribution in [-0.4, -0.2) is 46.2 Å². The summed E-state index contributed by atoms with van der Waals surface area (Å²) in [5.74, 6) is 0.0989. The van der Waals surface area contributed by atoms with Crippen LogP contribution < -0.4 is 10.0 Å². The maximum atomic E-state index is 12.0. The number of hydrogen-bond donors (Lipinski definition) is 2. The molecule has 0 aliphatic carbocycles. The maximum absolute atomic E-state index is 12.0. The van der Waals surface area contributed by atoms with Gasteiger partial charge in [-0.25, -0.2) is 8.42 Å². The smallest absolute Gasteiger partial charge is 0.277 e. The van der Waals surface area contributed by atoms with Crippen LogP contribution in [0.25, 0.3) is 11.5 Å². The Balaban J connectivity index is 1.55. The number of rotatable bonds is 9. The summed E-state index contributed by atoms with van der Waals surface area (Å²) in [4.78, 5) is 12.0. The van der Waals surface area contributed by atoms with Crippen LogP contribution >= 0.6 is 23.1 Å². The number of amides is 1. The molecule has 2 aromatic heterocycles. The van der Waals surface area contributed by atoms with E-state index >= 15 is 0 Å². The van der Waals surface area contributed by atoms with Crippen LogP contribution in [0.15, 0.2) is 33.9 Å². The number of thioether (sulfide) groups is 1. The molecule has 0 unspecified atom stereocenters. The number of nitrogens with one attached hydrogen (secondary N) is 2. The molecule has 1 aromatic carbocycles. The molecule has 0 aliphatic rings. The number of nitrogens with zero attached hydrogens (tertiary/aromatic N) is 4. The van der Waals surface area contributed by atoms with E-state index in [9.17, 15) is 13.2 Å². The molecule has 154 valence electrons. The third-order valence-corrected chi connectivity index (χ3v) is 6.64. The van der Waals surface area contributed by atoms with Gasteiger partial charge in [-0.3, -0.25) is 14.8 Å². The third kappa shape index (κ3) is 5.98. The molecule has 0 radical (unpaired) electrons. The van der Waals surface area contributed by atoms with Crippen molar-refractivity contribution in [2.45, 2.75) is 25.5 Å². The lowest BCUT2D eigenvalue weighted by atomic mass is 10.2. The summed E-state index contributed by atoms with van der Waals surface area (Å²) >= 11 is 2.43. The average Bonchev–Trinajstić information content (AvgIpc) is 3.36. The minimum atomic E-state index is -3.33. The second kappa shape index (κ2) is 9.33. The third-order valence-electron chi connectivity index (χ3n) is 3.53. The van der Waals surface area contributed by atoms with Crippen molar-refractivity contribution in [3.05, 3.63) is 29.3 Å². The van der Waals surface area contributed by atoms with Crippen LogP contribution in [0.3, 0.4) is 0 Å². The van der Waals surface area contributed by atoms with Crippen molar-refractivity contribution in [2.75, 3.05) is 21.5 Å². The van der Waals surface area contributed by atoms with Gasteiger partial charge in [-0.1, -0.05) is 30.0 Å². The van der Waals surface area contributed by atoms with Gasteiger partial charge in [-0.2, -0.15) is 0 Å². The Labute approximate surface area is 175 Å². The number of aryl methyl sites for hydroxylation is 1. The molecule has 3 rings (SSSR count). The number of anilines is 2. The maximum Gasteiger partial charge on any atom is 0.277 e. The van der Waals surface area contributed by atoms with Crippen molar-refractivity contribution < 1.29 is 17.6 Å². The number of carbonyl (C=O) groups excluding carboxylic acids is 1. The van der Waals surface area contributed by atoms with Crippen molar-refractivity contribution in [2.24, 2.45) is 0 Å². The molecule has 0 aliphatic heterocycles. The van der Waals surface area contributed by atoms with Crippen LogP contribution in [-0.2, 0) is 21.2 Å². The zero-order valence-electron chi connectivity index (χ0n) is 15.6. The predicted octanol–water partition coefficient (Wildman–Crippen LogP) is 2.64. The standard InChI is InChI=1S/C16H18N6O4S3/c1-3-13-18-20-15(28-13)17-12(23)9-27-16-21-19-14(26-16)10-5-7-11(8-6-10)22-29(24,25)4-2/h5-8,22H,3-4,9H2,1-2H3,(H,17,20,23). The van der Waals surface area contributed by atoms with Crippen LogP contribution in [0, 0.1) is 0 Å². The molecule has 29 heavy (non-hydrogen) atoms. The molecule has 1 amide bonds. The first-order chi connectivity index (χ1) is 13.9. The quantitative estimate of drug-likeness (QED) is 0.467. The Bertz CT molecular complexity index is 1080. The summed E-state index contributed by atoms with van der Waals surface area (Å²) in [5.41, 5.74) is 1.08. The highest BCUT2D eigenvalue weighted by atomic mass is 32.2. The van der Waals surface area contributed by atoms with Crippen LogP contribution in [0.4, 0.5) is 10.8 Å². The number of carbonyl (C=O) groups is 1. The zero-order valence-corrected chi connectivity index (χ0v) is 18.0. The molecule has 0 spiro atoms. The van der Waals surface area contributed by atoms with Gasteiger partial charge >= 0.3 is 0 Å². The highest BCUT2D eigenvalue weighted by Gasteiger charge is 2.13. The number of aromatic nitrogens is 4.